The van der Waals surface area contributed by atoms with E-state index in [4.69, 9.17) is 0 Å². The molecule has 0 aliphatic rings. The van der Waals surface area contributed by atoms with Gasteiger partial charge in [-0.05, 0) is 43.7 Å². The molecule has 0 spiro atoms. The third kappa shape index (κ3) is 4.31. The smallest absolute Gasteiger partial charge is 0.225 e. The molecule has 0 saturated carbocycles. The summed E-state index contributed by atoms with van der Waals surface area (Å²) in [5, 5.41) is 15.4. The Kier molecular flexibility index (Phi) is 5.38. The van der Waals surface area contributed by atoms with Crippen molar-refractivity contribution in [1.29, 1.82) is 0 Å². The topological polar surface area (TPSA) is 83.0 Å². The number of hydrogen-bond donors (Lipinski definition) is 3. The van der Waals surface area contributed by atoms with E-state index in [-0.39, 0.29) is 18.5 Å². The molecule has 7 heteroatoms. The maximum atomic E-state index is 13.8. The summed E-state index contributed by atoms with van der Waals surface area (Å²) in [5.41, 5.74) is 2.46. The molecule has 0 unspecified atom stereocenters. The minimum atomic E-state index is -0.291. The number of halogens is 1. The normalized spacial score (nSPS) is 11.8. The first kappa shape index (κ1) is 17.8. The maximum absolute atomic E-state index is 13.8. The summed E-state index contributed by atoms with van der Waals surface area (Å²) in [6.45, 7) is 3.48. The third-order valence-corrected chi connectivity index (χ3v) is 3.75. The number of pyridine rings is 1. The largest absolute Gasteiger partial charge is 0.394 e. The number of nitrogens with zero attached hydrogens (tertiary/aromatic N) is 3. The van der Waals surface area contributed by atoms with Gasteiger partial charge >= 0.3 is 0 Å². The molecule has 134 valence electrons. The average molecular weight is 353 g/mol. The van der Waals surface area contributed by atoms with E-state index in [9.17, 15) is 9.50 Å². The van der Waals surface area contributed by atoms with Crippen LogP contribution >= 0.6 is 0 Å². The van der Waals surface area contributed by atoms with Crippen molar-refractivity contribution in [3.8, 4) is 11.4 Å². The summed E-state index contributed by atoms with van der Waals surface area (Å²) in [7, 11) is 0. The first-order valence-corrected chi connectivity index (χ1v) is 8.26. The lowest BCUT2D eigenvalue weighted by molar-refractivity contribution is 0.281. The molecule has 0 aliphatic heterocycles. The molecule has 0 aliphatic carbocycles. The number of aryl methyl sites for hydroxylation is 1. The zero-order valence-electron chi connectivity index (χ0n) is 14.6. The molecule has 0 radical (unpaired) electrons. The fraction of sp³-hybridized carbons (Fsp3) is 0.211. The second-order valence-electron chi connectivity index (χ2n) is 5.99. The highest BCUT2D eigenvalue weighted by Crippen LogP contribution is 2.23. The molecule has 0 saturated heterocycles. The van der Waals surface area contributed by atoms with Crippen LogP contribution in [0.25, 0.3) is 11.4 Å². The van der Waals surface area contributed by atoms with Crippen molar-refractivity contribution in [1.82, 2.24) is 15.0 Å². The Hall–Kier alpha value is -3.06. The molecule has 2 heterocycles. The Bertz CT molecular complexity index is 888. The van der Waals surface area contributed by atoms with Crippen LogP contribution in [0.5, 0.6) is 0 Å². The lowest BCUT2D eigenvalue weighted by Crippen LogP contribution is -2.21. The molecule has 2 aromatic heterocycles. The Morgan fingerprint density at radius 3 is 2.65 bits per heavy atom. The van der Waals surface area contributed by atoms with E-state index in [0.717, 1.165) is 0 Å². The van der Waals surface area contributed by atoms with Gasteiger partial charge in [-0.3, -0.25) is 4.98 Å². The maximum Gasteiger partial charge on any atom is 0.225 e. The van der Waals surface area contributed by atoms with Gasteiger partial charge in [-0.1, -0.05) is 12.1 Å². The average Bonchev–Trinajstić information content (AvgIpc) is 2.65. The molecule has 3 rings (SSSR count). The van der Waals surface area contributed by atoms with Crippen molar-refractivity contribution in [3.63, 3.8) is 0 Å². The molecular formula is C19H20FN5O. The number of hydrogen-bond acceptors (Lipinski definition) is 6. The van der Waals surface area contributed by atoms with Crippen LogP contribution < -0.4 is 10.6 Å². The minimum Gasteiger partial charge on any atom is -0.394 e. The van der Waals surface area contributed by atoms with Crippen LogP contribution in [0, 0.1) is 12.7 Å². The van der Waals surface area contributed by atoms with Gasteiger partial charge in [-0.2, -0.15) is 4.98 Å². The molecule has 26 heavy (non-hydrogen) atoms. The summed E-state index contributed by atoms with van der Waals surface area (Å²) in [6, 6.07) is 12.0. The van der Waals surface area contributed by atoms with Crippen LogP contribution in [0.15, 0.2) is 48.7 Å². The van der Waals surface area contributed by atoms with Crippen molar-refractivity contribution < 1.29 is 9.50 Å². The summed E-state index contributed by atoms with van der Waals surface area (Å²) < 4.78 is 13.8. The second kappa shape index (κ2) is 7.88. The van der Waals surface area contributed by atoms with Crippen molar-refractivity contribution in [2.75, 3.05) is 17.2 Å². The van der Waals surface area contributed by atoms with Crippen molar-refractivity contribution in [2.24, 2.45) is 0 Å². The zero-order chi connectivity index (χ0) is 18.5. The van der Waals surface area contributed by atoms with Gasteiger partial charge in [0, 0.05) is 24.0 Å². The Balaban J connectivity index is 1.97. The highest BCUT2D eigenvalue weighted by atomic mass is 19.1. The standard InChI is InChI=1S/C19H20FN5O/c1-12-6-7-14(9-15(12)20)23-18-10-17(16-5-3-4-8-21-16)24-19(25-18)22-13(2)11-26/h3-10,13,26H,11H2,1-2H3,(H2,22,23,24,25)/t13-/m1/s1. The van der Waals surface area contributed by atoms with E-state index in [0.29, 0.717) is 34.4 Å². The molecular weight excluding hydrogens is 333 g/mol. The predicted molar refractivity (Wildman–Crippen MR) is 99.9 cm³/mol. The predicted octanol–water partition coefficient (Wildman–Crippen LogP) is 3.52. The molecule has 1 aromatic carbocycles. The Labute approximate surface area is 151 Å². The number of aromatic nitrogens is 3. The van der Waals surface area contributed by atoms with Gasteiger partial charge in [0.25, 0.3) is 0 Å². The first-order chi connectivity index (χ1) is 12.5. The lowest BCUT2D eigenvalue weighted by atomic mass is 10.2. The van der Waals surface area contributed by atoms with Crippen molar-refractivity contribution in [3.05, 3.63) is 60.0 Å². The highest BCUT2D eigenvalue weighted by molar-refractivity contribution is 5.65. The number of aliphatic hydroxyl groups is 1. The van der Waals surface area contributed by atoms with Gasteiger partial charge in [0.05, 0.1) is 18.0 Å². The molecule has 0 amide bonds. The van der Waals surface area contributed by atoms with E-state index in [1.54, 1.807) is 31.3 Å². The second-order valence-corrected chi connectivity index (χ2v) is 5.99. The van der Waals surface area contributed by atoms with Gasteiger partial charge in [0.15, 0.2) is 0 Å². The highest BCUT2D eigenvalue weighted by Gasteiger charge is 2.10. The molecule has 6 nitrogen and oxygen atoms in total. The van der Waals surface area contributed by atoms with Crippen molar-refractivity contribution >= 4 is 17.5 Å². The van der Waals surface area contributed by atoms with Crippen LogP contribution in [-0.2, 0) is 0 Å². The lowest BCUT2D eigenvalue weighted by Gasteiger charge is -2.14. The van der Waals surface area contributed by atoms with Gasteiger partial charge in [-0.25, -0.2) is 9.37 Å². The van der Waals surface area contributed by atoms with Crippen LogP contribution in [0.4, 0.5) is 21.8 Å². The molecule has 0 fully saturated rings. The van der Waals surface area contributed by atoms with E-state index < -0.39 is 0 Å². The number of anilines is 3. The van der Waals surface area contributed by atoms with Crippen LogP contribution in [0.2, 0.25) is 0 Å². The summed E-state index contributed by atoms with van der Waals surface area (Å²) >= 11 is 0. The fourth-order valence-electron chi connectivity index (χ4n) is 2.31. The van der Waals surface area contributed by atoms with Gasteiger partial charge in [0.2, 0.25) is 5.95 Å². The SMILES string of the molecule is Cc1ccc(Nc2cc(-c3ccccn3)nc(N[C@H](C)CO)n2)cc1F. The van der Waals surface area contributed by atoms with Gasteiger partial charge < -0.3 is 15.7 Å². The monoisotopic (exact) mass is 353 g/mol. The van der Waals surface area contributed by atoms with E-state index in [2.05, 4.69) is 25.6 Å². The Morgan fingerprint density at radius 2 is 1.96 bits per heavy atom. The summed E-state index contributed by atoms with van der Waals surface area (Å²) in [5.74, 6) is 0.558. The summed E-state index contributed by atoms with van der Waals surface area (Å²) in [6.07, 6.45) is 1.68. The first-order valence-electron chi connectivity index (χ1n) is 8.26. The van der Waals surface area contributed by atoms with E-state index in [1.165, 1.54) is 6.07 Å². The van der Waals surface area contributed by atoms with E-state index in [1.807, 2.05) is 25.1 Å². The molecule has 0 bridgehead atoms. The quantitative estimate of drug-likeness (QED) is 0.629. The van der Waals surface area contributed by atoms with Crippen LogP contribution in [0.1, 0.15) is 12.5 Å². The number of nitrogens with one attached hydrogen (secondary N) is 2. The fourth-order valence-corrected chi connectivity index (χ4v) is 2.31. The van der Waals surface area contributed by atoms with Crippen LogP contribution in [-0.4, -0.2) is 32.7 Å². The number of aliphatic hydroxyl groups excluding tert-OH is 1. The van der Waals surface area contributed by atoms with Gasteiger partial charge in [0.1, 0.15) is 11.6 Å². The molecule has 3 aromatic rings. The Morgan fingerprint density at radius 1 is 1.12 bits per heavy atom. The van der Waals surface area contributed by atoms with Crippen LogP contribution in [0.3, 0.4) is 0 Å². The minimum absolute atomic E-state index is 0.0525. The van der Waals surface area contributed by atoms with Gasteiger partial charge in [-0.15, -0.1) is 0 Å². The van der Waals surface area contributed by atoms with Crippen molar-refractivity contribution in [2.45, 2.75) is 19.9 Å². The number of rotatable bonds is 6. The number of benzene rings is 1. The third-order valence-electron chi connectivity index (χ3n) is 3.75. The molecule has 3 N–H and O–H groups in total. The van der Waals surface area contributed by atoms with E-state index >= 15 is 0 Å². The molecule has 1 atom stereocenters. The zero-order valence-corrected chi connectivity index (χ0v) is 14.6. The summed E-state index contributed by atoms with van der Waals surface area (Å²) in [4.78, 5) is 13.2.